The van der Waals surface area contributed by atoms with Crippen LogP contribution in [0.3, 0.4) is 0 Å². The van der Waals surface area contributed by atoms with E-state index in [1.165, 1.54) is 11.3 Å². The van der Waals surface area contributed by atoms with Gasteiger partial charge >= 0.3 is 12.0 Å². The van der Waals surface area contributed by atoms with Crippen molar-refractivity contribution >= 4 is 23.3 Å². The second kappa shape index (κ2) is 8.30. The molecular weight excluding hydrogens is 354 g/mol. The van der Waals surface area contributed by atoms with Crippen molar-refractivity contribution in [1.29, 1.82) is 0 Å². The molecule has 3 aromatic rings. The molecule has 0 aliphatic heterocycles. The number of amides is 2. The molecule has 0 fully saturated rings. The van der Waals surface area contributed by atoms with Crippen LogP contribution in [0.4, 0.5) is 4.79 Å². The summed E-state index contributed by atoms with van der Waals surface area (Å²) in [6.07, 6.45) is 0.280. The van der Waals surface area contributed by atoms with E-state index in [1.807, 2.05) is 47.8 Å². The number of rotatable bonds is 7. The summed E-state index contributed by atoms with van der Waals surface area (Å²) in [4.78, 5) is 24.5. The topological polar surface area (TPSA) is 107 Å². The number of esters is 1. The van der Waals surface area contributed by atoms with Crippen molar-refractivity contribution in [1.82, 2.24) is 10.5 Å². The number of thiophene rings is 1. The summed E-state index contributed by atoms with van der Waals surface area (Å²) in [6.45, 7) is -0.0561. The Morgan fingerprint density at radius 2 is 2.04 bits per heavy atom. The highest BCUT2D eigenvalue weighted by Crippen LogP contribution is 2.25. The lowest BCUT2D eigenvalue weighted by atomic mass is 10.1. The van der Waals surface area contributed by atoms with E-state index in [-0.39, 0.29) is 13.0 Å². The second-order valence-electron chi connectivity index (χ2n) is 5.52. The maximum absolute atomic E-state index is 12.3. The van der Waals surface area contributed by atoms with E-state index in [2.05, 4.69) is 10.5 Å². The Morgan fingerprint density at radius 1 is 1.23 bits per heavy atom. The lowest BCUT2D eigenvalue weighted by molar-refractivity contribution is -0.147. The van der Waals surface area contributed by atoms with Crippen LogP contribution < -0.4 is 11.1 Å². The number of nitrogens with one attached hydrogen (secondary N) is 1. The van der Waals surface area contributed by atoms with E-state index >= 15 is 0 Å². The normalized spacial score (nSPS) is 11.7. The quantitative estimate of drug-likeness (QED) is 0.621. The molecule has 2 heterocycles. The van der Waals surface area contributed by atoms with Crippen molar-refractivity contribution in [3.05, 3.63) is 65.2 Å². The van der Waals surface area contributed by atoms with Gasteiger partial charge in [0.25, 0.3) is 0 Å². The van der Waals surface area contributed by atoms with Crippen LogP contribution in [0.25, 0.3) is 10.6 Å². The van der Waals surface area contributed by atoms with Crippen molar-refractivity contribution in [2.24, 2.45) is 5.73 Å². The number of aromatic nitrogens is 1. The van der Waals surface area contributed by atoms with E-state index < -0.39 is 18.0 Å². The number of ether oxygens (including phenoxy) is 1. The van der Waals surface area contributed by atoms with Crippen molar-refractivity contribution in [3.8, 4) is 10.6 Å². The molecule has 3 rings (SSSR count). The number of carbonyl (C=O) groups excluding carboxylic acids is 2. The molecule has 0 spiro atoms. The zero-order valence-electron chi connectivity index (χ0n) is 13.8. The molecule has 0 unspecified atom stereocenters. The third-order valence-corrected chi connectivity index (χ3v) is 4.45. The highest BCUT2D eigenvalue weighted by molar-refractivity contribution is 7.13. The average molecular weight is 371 g/mol. The molecule has 0 aliphatic rings. The van der Waals surface area contributed by atoms with E-state index in [0.717, 1.165) is 10.4 Å². The number of urea groups is 1. The van der Waals surface area contributed by atoms with Gasteiger partial charge in [0, 0.05) is 12.5 Å². The highest BCUT2D eigenvalue weighted by Gasteiger charge is 2.22. The highest BCUT2D eigenvalue weighted by atomic mass is 32.1. The monoisotopic (exact) mass is 371 g/mol. The van der Waals surface area contributed by atoms with Gasteiger partial charge in [-0.25, -0.2) is 9.59 Å². The lowest BCUT2D eigenvalue weighted by Gasteiger charge is -2.16. The Morgan fingerprint density at radius 3 is 2.73 bits per heavy atom. The number of hydrogen-bond donors (Lipinski definition) is 2. The van der Waals surface area contributed by atoms with Gasteiger partial charge in [-0.05, 0) is 17.0 Å². The molecule has 7 nitrogen and oxygen atoms in total. The largest absolute Gasteiger partial charge is 0.458 e. The fourth-order valence-electron chi connectivity index (χ4n) is 2.38. The predicted octanol–water partition coefficient (Wildman–Crippen LogP) is 2.73. The van der Waals surface area contributed by atoms with E-state index in [1.54, 1.807) is 6.07 Å². The van der Waals surface area contributed by atoms with Gasteiger partial charge in [-0.15, -0.1) is 11.3 Å². The Labute approximate surface area is 153 Å². The maximum atomic E-state index is 12.3. The Kier molecular flexibility index (Phi) is 5.65. The van der Waals surface area contributed by atoms with Gasteiger partial charge in [-0.2, -0.15) is 0 Å². The van der Waals surface area contributed by atoms with Gasteiger partial charge in [-0.3, -0.25) is 0 Å². The first-order valence-electron chi connectivity index (χ1n) is 7.88. The minimum absolute atomic E-state index is 0.0561. The van der Waals surface area contributed by atoms with Gasteiger partial charge in [0.1, 0.15) is 18.3 Å². The standard InChI is InChI=1S/C18H17N3O4S/c19-18(23)20-14(9-12-5-2-1-3-6-12)17(22)24-11-13-10-15(25-21-13)16-7-4-8-26-16/h1-8,10,14H,9,11H2,(H3,19,20,23)/t14-/m1/s1. The molecule has 0 saturated heterocycles. The molecule has 0 aliphatic carbocycles. The predicted molar refractivity (Wildman–Crippen MR) is 96.3 cm³/mol. The summed E-state index contributed by atoms with van der Waals surface area (Å²) in [6, 6.07) is 13.2. The summed E-state index contributed by atoms with van der Waals surface area (Å²) >= 11 is 1.52. The molecule has 0 bridgehead atoms. The summed E-state index contributed by atoms with van der Waals surface area (Å²) in [5, 5.41) is 8.24. The van der Waals surface area contributed by atoms with E-state index in [9.17, 15) is 9.59 Å². The fraction of sp³-hybridized carbons (Fsp3) is 0.167. The Bertz CT molecular complexity index is 862. The minimum Gasteiger partial charge on any atom is -0.458 e. The van der Waals surface area contributed by atoms with Crippen LogP contribution in [0.15, 0.2) is 58.4 Å². The minimum atomic E-state index is -0.876. The summed E-state index contributed by atoms with van der Waals surface area (Å²) < 4.78 is 10.5. The number of benzene rings is 1. The average Bonchev–Trinajstić information content (AvgIpc) is 3.31. The van der Waals surface area contributed by atoms with Crippen LogP contribution in [0, 0.1) is 0 Å². The molecule has 26 heavy (non-hydrogen) atoms. The number of hydrogen-bond acceptors (Lipinski definition) is 6. The molecule has 1 aromatic carbocycles. The van der Waals surface area contributed by atoms with Crippen molar-refractivity contribution < 1.29 is 18.8 Å². The van der Waals surface area contributed by atoms with Crippen LogP contribution in [0.2, 0.25) is 0 Å². The van der Waals surface area contributed by atoms with Crippen LogP contribution >= 0.6 is 11.3 Å². The molecule has 0 radical (unpaired) electrons. The van der Waals surface area contributed by atoms with Gasteiger partial charge in [0.2, 0.25) is 0 Å². The molecule has 2 amide bonds. The molecule has 2 aromatic heterocycles. The van der Waals surface area contributed by atoms with Gasteiger partial charge in [0.15, 0.2) is 5.76 Å². The fourth-order valence-corrected chi connectivity index (χ4v) is 3.05. The number of nitrogens with two attached hydrogens (primary N) is 1. The van der Waals surface area contributed by atoms with Crippen LogP contribution in [0.5, 0.6) is 0 Å². The van der Waals surface area contributed by atoms with Gasteiger partial charge < -0.3 is 20.3 Å². The van der Waals surface area contributed by atoms with Gasteiger partial charge in [0.05, 0.1) is 4.88 Å². The third-order valence-electron chi connectivity index (χ3n) is 3.57. The zero-order valence-corrected chi connectivity index (χ0v) is 14.6. The van der Waals surface area contributed by atoms with E-state index in [4.69, 9.17) is 15.0 Å². The molecule has 3 N–H and O–H groups in total. The van der Waals surface area contributed by atoms with E-state index in [0.29, 0.717) is 11.5 Å². The SMILES string of the molecule is NC(=O)N[C@H](Cc1ccccc1)C(=O)OCc1cc(-c2cccs2)on1. The van der Waals surface area contributed by atoms with Crippen molar-refractivity contribution in [2.75, 3.05) is 0 Å². The van der Waals surface area contributed by atoms with Gasteiger partial charge in [-0.1, -0.05) is 41.6 Å². The van der Waals surface area contributed by atoms with Crippen LogP contribution in [-0.2, 0) is 22.6 Å². The lowest BCUT2D eigenvalue weighted by Crippen LogP contribution is -2.45. The number of nitrogens with zero attached hydrogens (tertiary/aromatic N) is 1. The van der Waals surface area contributed by atoms with Crippen molar-refractivity contribution in [3.63, 3.8) is 0 Å². The molecule has 0 saturated carbocycles. The number of carbonyl (C=O) groups is 2. The molecule has 8 heteroatoms. The summed E-state index contributed by atoms with van der Waals surface area (Å²) in [7, 11) is 0. The zero-order chi connectivity index (χ0) is 18.4. The molecule has 1 atom stereocenters. The maximum Gasteiger partial charge on any atom is 0.329 e. The molecule has 134 valence electrons. The Hall–Kier alpha value is -3.13. The third kappa shape index (κ3) is 4.70. The first kappa shape index (κ1) is 17.7. The first-order chi connectivity index (χ1) is 12.6. The first-order valence-corrected chi connectivity index (χ1v) is 8.76. The van der Waals surface area contributed by atoms with Crippen molar-refractivity contribution in [2.45, 2.75) is 19.1 Å². The van der Waals surface area contributed by atoms with Crippen LogP contribution in [0.1, 0.15) is 11.3 Å². The summed E-state index contributed by atoms with van der Waals surface area (Å²) in [5.41, 5.74) is 6.53. The van der Waals surface area contributed by atoms with Crippen LogP contribution in [-0.4, -0.2) is 23.2 Å². The second-order valence-corrected chi connectivity index (χ2v) is 6.47. The Balaban J connectivity index is 1.61. The smallest absolute Gasteiger partial charge is 0.329 e. The number of primary amides is 1. The molecular formula is C18H17N3O4S. The summed E-state index contributed by atoms with van der Waals surface area (Å²) in [5.74, 6) is 0.0236.